The molecular weight excluding hydrogens is 476 g/mol. The summed E-state index contributed by atoms with van der Waals surface area (Å²) in [6.07, 6.45) is -3.54. The first-order chi connectivity index (χ1) is 15.6. The minimum Gasteiger partial charge on any atom is -0.386 e. The van der Waals surface area contributed by atoms with E-state index in [-0.39, 0.29) is 41.2 Å². The standard InChI is InChI=1S/C22H22F4N4O3S/c1-11-8-12(22(24,25)26)10-28-17(11)18(31)29-13-4-5-15(23)14(9-13)21(3)16-6-7-20(2,19(27)30-21)34(16,32)33/h4-5,8-10,16H,6-7H2,1-3H3,(H2,27,30)(H,29,31)/t16-,20+,21+/m0/s1. The molecule has 0 aliphatic carbocycles. The van der Waals surface area contributed by atoms with Crippen molar-refractivity contribution in [2.24, 2.45) is 10.7 Å². The lowest BCUT2D eigenvalue weighted by molar-refractivity contribution is -0.137. The molecule has 1 fully saturated rings. The van der Waals surface area contributed by atoms with Crippen molar-refractivity contribution >= 4 is 27.3 Å². The molecule has 0 saturated carbocycles. The lowest BCUT2D eigenvalue weighted by atomic mass is 9.86. The Kier molecular flexibility index (Phi) is 5.31. The SMILES string of the molecule is Cc1cc(C(F)(F)F)cnc1C(=O)Nc1ccc(F)c([C@@]2(C)N=C(N)[C@@]3(C)CC[C@@H]2S3(=O)=O)c1. The van der Waals surface area contributed by atoms with Crippen molar-refractivity contribution in [2.45, 2.75) is 55.3 Å². The number of aryl methyl sites for hydroxylation is 1. The number of benzene rings is 1. The van der Waals surface area contributed by atoms with Gasteiger partial charge in [-0.1, -0.05) is 0 Å². The van der Waals surface area contributed by atoms with Gasteiger partial charge >= 0.3 is 6.18 Å². The largest absolute Gasteiger partial charge is 0.417 e. The average Bonchev–Trinajstić information content (AvgIpc) is 2.91. The van der Waals surface area contributed by atoms with Crippen molar-refractivity contribution in [3.8, 4) is 0 Å². The number of nitrogens with zero attached hydrogens (tertiary/aromatic N) is 2. The first-order valence-corrected chi connectivity index (χ1v) is 11.9. The molecule has 1 aromatic heterocycles. The molecule has 0 spiro atoms. The molecule has 3 atom stereocenters. The van der Waals surface area contributed by atoms with Gasteiger partial charge in [0.15, 0.2) is 9.84 Å². The third kappa shape index (κ3) is 3.46. The summed E-state index contributed by atoms with van der Waals surface area (Å²) >= 11 is 0. The van der Waals surface area contributed by atoms with E-state index in [0.717, 1.165) is 12.1 Å². The minimum atomic E-state index is -4.60. The van der Waals surface area contributed by atoms with Crippen LogP contribution in [0.15, 0.2) is 35.5 Å². The van der Waals surface area contributed by atoms with Crippen LogP contribution in [0.5, 0.6) is 0 Å². The van der Waals surface area contributed by atoms with Gasteiger partial charge in [-0.2, -0.15) is 13.2 Å². The lowest BCUT2D eigenvalue weighted by Gasteiger charge is -2.39. The number of amidine groups is 1. The van der Waals surface area contributed by atoms with E-state index >= 15 is 0 Å². The third-order valence-corrected chi connectivity index (χ3v) is 9.91. The number of sulfone groups is 1. The fourth-order valence-corrected chi connectivity index (χ4v) is 7.28. The zero-order chi connectivity index (χ0) is 25.3. The number of aromatic nitrogens is 1. The molecule has 1 saturated heterocycles. The van der Waals surface area contributed by atoms with Gasteiger partial charge in [0.1, 0.15) is 27.6 Å². The molecule has 2 aliphatic heterocycles. The Morgan fingerprint density at radius 3 is 2.53 bits per heavy atom. The predicted molar refractivity (Wildman–Crippen MR) is 118 cm³/mol. The van der Waals surface area contributed by atoms with Gasteiger partial charge < -0.3 is 11.1 Å². The molecular formula is C22H22F4N4O3S. The van der Waals surface area contributed by atoms with Crippen molar-refractivity contribution < 1.29 is 30.8 Å². The van der Waals surface area contributed by atoms with E-state index in [1.807, 2.05) is 0 Å². The number of amides is 1. The van der Waals surface area contributed by atoms with Crippen molar-refractivity contribution in [1.82, 2.24) is 4.98 Å². The number of halogens is 4. The van der Waals surface area contributed by atoms with Gasteiger partial charge in [0, 0.05) is 17.4 Å². The Bertz CT molecular complexity index is 1340. The number of carbonyl (C=O) groups is 1. The number of hydrogen-bond donors (Lipinski definition) is 2. The van der Waals surface area contributed by atoms with Gasteiger partial charge in [0.05, 0.1) is 10.8 Å². The zero-order valence-corrected chi connectivity index (χ0v) is 19.3. The number of aliphatic imine (C=N–C) groups is 1. The molecule has 2 aliphatic rings. The molecule has 3 N–H and O–H groups in total. The summed E-state index contributed by atoms with van der Waals surface area (Å²) in [6, 6.07) is 4.38. The molecule has 3 heterocycles. The molecule has 0 radical (unpaired) electrons. The Labute approximate surface area is 193 Å². The second-order valence-corrected chi connectivity index (χ2v) is 11.5. The van der Waals surface area contributed by atoms with Crippen LogP contribution in [0.25, 0.3) is 0 Å². The summed E-state index contributed by atoms with van der Waals surface area (Å²) in [5, 5.41) is 1.48. The van der Waals surface area contributed by atoms with Gasteiger partial charge in [-0.3, -0.25) is 14.8 Å². The number of nitrogens with one attached hydrogen (secondary N) is 1. The molecule has 1 aromatic carbocycles. The summed E-state index contributed by atoms with van der Waals surface area (Å²) in [7, 11) is -3.76. The second kappa shape index (κ2) is 7.49. The molecule has 1 amide bonds. The Morgan fingerprint density at radius 1 is 1.24 bits per heavy atom. The maximum Gasteiger partial charge on any atom is 0.417 e. The summed E-state index contributed by atoms with van der Waals surface area (Å²) in [5.74, 6) is -1.63. The third-order valence-electron chi connectivity index (χ3n) is 6.80. The topological polar surface area (TPSA) is 115 Å². The van der Waals surface area contributed by atoms with Crippen molar-refractivity contribution in [3.63, 3.8) is 0 Å². The summed E-state index contributed by atoms with van der Waals surface area (Å²) in [4.78, 5) is 20.7. The van der Waals surface area contributed by atoms with Crippen molar-refractivity contribution in [2.75, 3.05) is 5.32 Å². The number of rotatable bonds is 3. The van der Waals surface area contributed by atoms with E-state index in [4.69, 9.17) is 5.73 Å². The Hall–Kier alpha value is -3.02. The molecule has 7 nitrogen and oxygen atoms in total. The van der Waals surface area contributed by atoms with Crippen LogP contribution < -0.4 is 11.1 Å². The van der Waals surface area contributed by atoms with Crippen molar-refractivity contribution in [1.29, 1.82) is 0 Å². The van der Waals surface area contributed by atoms with Crippen LogP contribution in [0.3, 0.4) is 0 Å². The highest BCUT2D eigenvalue weighted by atomic mass is 32.2. The summed E-state index contributed by atoms with van der Waals surface area (Å²) in [6.45, 7) is 4.31. The monoisotopic (exact) mass is 498 g/mol. The second-order valence-electron chi connectivity index (χ2n) is 8.98. The van der Waals surface area contributed by atoms with Crippen LogP contribution in [-0.4, -0.2) is 35.1 Å². The van der Waals surface area contributed by atoms with Gasteiger partial charge in [-0.25, -0.2) is 12.8 Å². The van der Waals surface area contributed by atoms with Gasteiger partial charge in [0.25, 0.3) is 5.91 Å². The number of anilines is 1. The molecule has 2 bridgehead atoms. The van der Waals surface area contributed by atoms with Gasteiger partial charge in [-0.15, -0.1) is 0 Å². The maximum absolute atomic E-state index is 14.9. The first kappa shape index (κ1) is 24.1. The van der Waals surface area contributed by atoms with Crippen LogP contribution in [0.1, 0.15) is 53.9 Å². The summed E-state index contributed by atoms with van der Waals surface area (Å²) in [5.41, 5.74) is 3.32. The van der Waals surface area contributed by atoms with Gasteiger partial charge in [0.2, 0.25) is 0 Å². The Morgan fingerprint density at radius 2 is 1.91 bits per heavy atom. The van der Waals surface area contributed by atoms with E-state index in [1.165, 1.54) is 32.9 Å². The van der Waals surface area contributed by atoms with E-state index in [9.17, 15) is 30.8 Å². The highest BCUT2D eigenvalue weighted by Gasteiger charge is 2.63. The van der Waals surface area contributed by atoms with Crippen LogP contribution in [0.2, 0.25) is 0 Å². The predicted octanol–water partition coefficient (Wildman–Crippen LogP) is 3.72. The number of alkyl halides is 3. The highest BCUT2D eigenvalue weighted by molar-refractivity contribution is 7.94. The van der Waals surface area contributed by atoms with Crippen LogP contribution in [0.4, 0.5) is 23.2 Å². The lowest BCUT2D eigenvalue weighted by Crippen LogP contribution is -2.55. The Balaban J connectivity index is 1.70. The van der Waals surface area contributed by atoms with E-state index in [1.54, 1.807) is 0 Å². The minimum absolute atomic E-state index is 0.00242. The van der Waals surface area contributed by atoms with Gasteiger partial charge in [-0.05, 0) is 63.4 Å². The normalized spacial score (nSPS) is 27.9. The fraction of sp³-hybridized carbons (Fsp3) is 0.409. The van der Waals surface area contributed by atoms with E-state index in [2.05, 4.69) is 15.3 Å². The average molecular weight is 499 g/mol. The number of nitrogens with two attached hydrogens (primary N) is 1. The number of pyridine rings is 1. The quantitative estimate of drug-likeness (QED) is 0.626. The van der Waals surface area contributed by atoms with Crippen LogP contribution >= 0.6 is 0 Å². The molecule has 0 unspecified atom stereocenters. The van der Waals surface area contributed by atoms with E-state index < -0.39 is 48.8 Å². The van der Waals surface area contributed by atoms with Crippen molar-refractivity contribution in [3.05, 3.63) is 58.7 Å². The number of hydrogen-bond acceptors (Lipinski definition) is 6. The summed E-state index contributed by atoms with van der Waals surface area (Å²) < 4.78 is 78.6. The van der Waals surface area contributed by atoms with Crippen LogP contribution in [-0.2, 0) is 21.6 Å². The van der Waals surface area contributed by atoms with Crippen LogP contribution in [0, 0.1) is 12.7 Å². The molecule has 34 heavy (non-hydrogen) atoms. The molecule has 2 aromatic rings. The first-order valence-electron chi connectivity index (χ1n) is 10.4. The molecule has 182 valence electrons. The zero-order valence-electron chi connectivity index (χ0n) is 18.5. The molecule has 12 heteroatoms. The highest BCUT2D eigenvalue weighted by Crippen LogP contribution is 2.51. The smallest absolute Gasteiger partial charge is 0.386 e. The number of carbonyl (C=O) groups excluding carboxylic acids is 1. The maximum atomic E-state index is 14.9. The molecule has 4 rings (SSSR count). The fourth-order valence-electron chi connectivity index (χ4n) is 4.70. The number of fused-ring (bicyclic) bond motifs is 2. The van der Waals surface area contributed by atoms with E-state index in [0.29, 0.717) is 6.20 Å².